The van der Waals surface area contributed by atoms with E-state index in [2.05, 4.69) is 15.4 Å². The van der Waals surface area contributed by atoms with Gasteiger partial charge in [0.15, 0.2) is 0 Å². The molecule has 0 aliphatic carbocycles. The lowest BCUT2D eigenvalue weighted by atomic mass is 10.1. The summed E-state index contributed by atoms with van der Waals surface area (Å²) in [4.78, 5) is 35.4. The summed E-state index contributed by atoms with van der Waals surface area (Å²) in [6, 6.07) is 12.0. The van der Waals surface area contributed by atoms with Crippen LogP contribution < -0.4 is 10.6 Å². The van der Waals surface area contributed by atoms with Crippen molar-refractivity contribution in [3.63, 3.8) is 0 Å². The Kier molecular flexibility index (Phi) is 6.22. The lowest BCUT2D eigenvalue weighted by Gasteiger charge is -2.10. The van der Waals surface area contributed by atoms with E-state index in [1.807, 2.05) is 0 Å². The molecule has 0 unspecified atom stereocenters. The number of hydrogen-bond acceptors (Lipinski definition) is 4. The molecule has 0 saturated carbocycles. The molecule has 7 heteroatoms. The summed E-state index contributed by atoms with van der Waals surface area (Å²) in [6.07, 6.45) is -0.0379. The van der Waals surface area contributed by atoms with Gasteiger partial charge in [0.1, 0.15) is 5.82 Å². The topological polar surface area (TPSA) is 84.5 Å². The van der Waals surface area contributed by atoms with E-state index in [1.165, 1.54) is 31.4 Å². The number of hydrogen-bond donors (Lipinski definition) is 2. The molecule has 0 heterocycles. The van der Waals surface area contributed by atoms with Gasteiger partial charge >= 0.3 is 5.97 Å². The third kappa shape index (κ3) is 5.42. The number of anilines is 1. The number of ether oxygens (including phenoxy) is 1. The van der Waals surface area contributed by atoms with E-state index in [0.717, 1.165) is 0 Å². The Hall–Kier alpha value is -3.22. The van der Waals surface area contributed by atoms with E-state index < -0.39 is 23.6 Å². The summed E-state index contributed by atoms with van der Waals surface area (Å²) in [5.74, 6) is -1.92. The molecule has 0 aromatic heterocycles. The van der Waals surface area contributed by atoms with Gasteiger partial charge in [0.05, 0.1) is 31.3 Å². The van der Waals surface area contributed by atoms with Gasteiger partial charge in [0.25, 0.3) is 0 Å². The minimum absolute atomic E-state index is 0.0379. The van der Waals surface area contributed by atoms with Crippen molar-refractivity contribution in [1.82, 2.24) is 5.32 Å². The molecule has 0 aliphatic heterocycles. The number of halogens is 1. The van der Waals surface area contributed by atoms with E-state index in [1.54, 1.807) is 24.3 Å². The lowest BCUT2D eigenvalue weighted by Crippen LogP contribution is -2.34. The number of para-hydroxylation sites is 1. The lowest BCUT2D eigenvalue weighted by molar-refractivity contribution is -0.123. The number of rotatable bonds is 6. The van der Waals surface area contributed by atoms with Crippen LogP contribution in [-0.4, -0.2) is 31.4 Å². The molecule has 6 nitrogen and oxygen atoms in total. The zero-order valence-electron chi connectivity index (χ0n) is 13.5. The Bertz CT molecular complexity index is 792. The quantitative estimate of drug-likeness (QED) is 0.784. The maximum atomic E-state index is 13.1. The van der Waals surface area contributed by atoms with Crippen LogP contribution in [0.15, 0.2) is 48.5 Å². The second kappa shape index (κ2) is 8.58. The number of methoxy groups -OCH3 is 1. The van der Waals surface area contributed by atoms with Crippen molar-refractivity contribution >= 4 is 23.5 Å². The Balaban J connectivity index is 1.89. The molecule has 0 saturated heterocycles. The number of carbonyl (C=O) groups excluding carboxylic acids is 3. The number of carbonyl (C=O) groups is 3. The van der Waals surface area contributed by atoms with Crippen LogP contribution in [-0.2, 0) is 20.7 Å². The van der Waals surface area contributed by atoms with Gasteiger partial charge in [-0.05, 0) is 29.8 Å². The maximum Gasteiger partial charge on any atom is 0.339 e. The Labute approximate surface area is 144 Å². The molecule has 130 valence electrons. The maximum absolute atomic E-state index is 13.1. The van der Waals surface area contributed by atoms with Gasteiger partial charge < -0.3 is 15.4 Å². The average molecular weight is 344 g/mol. The molecule has 0 atom stereocenters. The minimum atomic E-state index is -0.578. The van der Waals surface area contributed by atoms with Crippen molar-refractivity contribution in [1.29, 1.82) is 0 Å². The fourth-order valence-electron chi connectivity index (χ4n) is 2.15. The first-order chi connectivity index (χ1) is 12.0. The molecule has 2 aromatic rings. The summed E-state index contributed by atoms with van der Waals surface area (Å²) in [7, 11) is 1.24. The molecule has 2 rings (SSSR count). The number of benzene rings is 2. The van der Waals surface area contributed by atoms with Crippen molar-refractivity contribution in [2.45, 2.75) is 6.42 Å². The molecule has 0 spiro atoms. The second-order valence-corrected chi connectivity index (χ2v) is 5.17. The SMILES string of the molecule is COC(=O)c1ccccc1NC(=O)CNC(=O)Cc1cccc(F)c1. The van der Waals surface area contributed by atoms with Crippen LogP contribution in [0.3, 0.4) is 0 Å². The van der Waals surface area contributed by atoms with Gasteiger partial charge in [-0.15, -0.1) is 0 Å². The zero-order valence-corrected chi connectivity index (χ0v) is 13.5. The third-order valence-corrected chi connectivity index (χ3v) is 3.31. The third-order valence-electron chi connectivity index (χ3n) is 3.31. The van der Waals surface area contributed by atoms with Crippen molar-refractivity contribution in [3.8, 4) is 0 Å². The summed E-state index contributed by atoms with van der Waals surface area (Å²) >= 11 is 0. The highest BCUT2D eigenvalue weighted by molar-refractivity contribution is 6.02. The highest BCUT2D eigenvalue weighted by atomic mass is 19.1. The Morgan fingerprint density at radius 2 is 1.80 bits per heavy atom. The van der Waals surface area contributed by atoms with Gasteiger partial charge in [-0.3, -0.25) is 9.59 Å². The van der Waals surface area contributed by atoms with E-state index in [9.17, 15) is 18.8 Å². The summed E-state index contributed by atoms with van der Waals surface area (Å²) < 4.78 is 17.7. The molecule has 0 aliphatic rings. The van der Waals surface area contributed by atoms with Crippen LogP contribution in [0.1, 0.15) is 15.9 Å². The van der Waals surface area contributed by atoms with E-state index in [0.29, 0.717) is 11.3 Å². The number of nitrogens with one attached hydrogen (secondary N) is 2. The van der Waals surface area contributed by atoms with E-state index in [4.69, 9.17) is 0 Å². The Morgan fingerprint density at radius 1 is 1.04 bits per heavy atom. The standard InChI is InChI=1S/C18H17FN2O4/c1-25-18(24)14-7-2-3-8-15(14)21-17(23)11-20-16(22)10-12-5-4-6-13(19)9-12/h2-9H,10-11H2,1H3,(H,20,22)(H,21,23). The first kappa shape index (κ1) is 18.1. The predicted molar refractivity (Wildman–Crippen MR) is 89.5 cm³/mol. The van der Waals surface area contributed by atoms with Crippen molar-refractivity contribution in [3.05, 3.63) is 65.5 Å². The predicted octanol–water partition coefficient (Wildman–Crippen LogP) is 1.91. The van der Waals surface area contributed by atoms with Crippen LogP contribution in [0, 0.1) is 5.82 Å². The Morgan fingerprint density at radius 3 is 2.52 bits per heavy atom. The van der Waals surface area contributed by atoms with Gasteiger partial charge in [-0.1, -0.05) is 24.3 Å². The molecule has 0 radical (unpaired) electrons. The van der Waals surface area contributed by atoms with Crippen molar-refractivity contribution < 1.29 is 23.5 Å². The number of esters is 1. The first-order valence-electron chi connectivity index (χ1n) is 7.48. The highest BCUT2D eigenvalue weighted by Crippen LogP contribution is 2.15. The molecule has 2 amide bonds. The first-order valence-corrected chi connectivity index (χ1v) is 7.48. The average Bonchev–Trinajstić information content (AvgIpc) is 2.60. The normalized spacial score (nSPS) is 10.0. The van der Waals surface area contributed by atoms with Crippen molar-refractivity contribution in [2.75, 3.05) is 19.0 Å². The zero-order chi connectivity index (χ0) is 18.2. The van der Waals surface area contributed by atoms with Gasteiger partial charge in [-0.2, -0.15) is 0 Å². The van der Waals surface area contributed by atoms with Crippen LogP contribution >= 0.6 is 0 Å². The van der Waals surface area contributed by atoms with Crippen molar-refractivity contribution in [2.24, 2.45) is 0 Å². The fraction of sp³-hybridized carbons (Fsp3) is 0.167. The van der Waals surface area contributed by atoms with Gasteiger partial charge in [0, 0.05) is 0 Å². The van der Waals surface area contributed by atoms with Crippen LogP contribution in [0.4, 0.5) is 10.1 Å². The monoisotopic (exact) mass is 344 g/mol. The van der Waals surface area contributed by atoms with Crippen LogP contribution in [0.2, 0.25) is 0 Å². The second-order valence-electron chi connectivity index (χ2n) is 5.17. The number of amides is 2. The molecular formula is C18H17FN2O4. The van der Waals surface area contributed by atoms with Crippen LogP contribution in [0.5, 0.6) is 0 Å². The van der Waals surface area contributed by atoms with Gasteiger partial charge in [-0.25, -0.2) is 9.18 Å². The van der Waals surface area contributed by atoms with Gasteiger partial charge in [0.2, 0.25) is 11.8 Å². The molecule has 0 bridgehead atoms. The molecular weight excluding hydrogens is 327 g/mol. The van der Waals surface area contributed by atoms with Crippen LogP contribution in [0.25, 0.3) is 0 Å². The van der Waals surface area contributed by atoms with E-state index >= 15 is 0 Å². The molecule has 2 N–H and O–H groups in total. The smallest absolute Gasteiger partial charge is 0.339 e. The largest absolute Gasteiger partial charge is 0.465 e. The molecule has 2 aromatic carbocycles. The summed E-state index contributed by atoms with van der Waals surface area (Å²) in [5, 5.41) is 4.98. The summed E-state index contributed by atoms with van der Waals surface area (Å²) in [6.45, 7) is -0.274. The summed E-state index contributed by atoms with van der Waals surface area (Å²) in [5.41, 5.74) is 1.01. The highest BCUT2D eigenvalue weighted by Gasteiger charge is 2.13. The van der Waals surface area contributed by atoms with E-state index in [-0.39, 0.29) is 18.5 Å². The fourth-order valence-corrected chi connectivity index (χ4v) is 2.15. The minimum Gasteiger partial charge on any atom is -0.465 e. The molecule has 25 heavy (non-hydrogen) atoms. The molecule has 0 fully saturated rings.